The first kappa shape index (κ1) is 36.7. The van der Waals surface area contributed by atoms with Crippen LogP contribution in [-0.4, -0.2) is 116 Å². The summed E-state index contributed by atoms with van der Waals surface area (Å²) in [6.45, 7) is 12.5. The van der Waals surface area contributed by atoms with E-state index in [0.29, 0.717) is 19.3 Å². The smallest absolute Gasteiger partial charge is 0.460 e. The van der Waals surface area contributed by atoms with Crippen LogP contribution in [0.1, 0.15) is 80.1 Å². The number of carbonyl (C=O) groups is 6. The molecule has 0 aromatic heterocycles. The monoisotopic (exact) mass is 653 g/mol. The molecule has 3 aliphatic rings. The Morgan fingerprint density at radius 3 is 1.02 bits per heavy atom. The summed E-state index contributed by atoms with van der Waals surface area (Å²) in [7, 11) is -2.15. The number of hydrogen-bond donors (Lipinski definition) is 0. The Bertz CT molecular complexity index is 970. The van der Waals surface area contributed by atoms with Gasteiger partial charge in [0, 0.05) is 19.6 Å². The van der Waals surface area contributed by atoms with E-state index in [4.69, 9.17) is 28.2 Å². The van der Waals surface area contributed by atoms with Crippen molar-refractivity contribution in [3.05, 3.63) is 0 Å². The van der Waals surface area contributed by atoms with Gasteiger partial charge in [-0.25, -0.2) is 14.4 Å². The van der Waals surface area contributed by atoms with Crippen LogP contribution in [0.5, 0.6) is 0 Å². The van der Waals surface area contributed by atoms with Crippen molar-refractivity contribution in [1.82, 2.24) is 14.7 Å². The highest BCUT2D eigenvalue weighted by Crippen LogP contribution is 2.24. The number of rotatable bonds is 12. The summed E-state index contributed by atoms with van der Waals surface area (Å²) in [5.74, 6) is -2.67. The van der Waals surface area contributed by atoms with Gasteiger partial charge < -0.3 is 28.2 Å². The van der Waals surface area contributed by atoms with Gasteiger partial charge in [-0.05, 0) is 56.3 Å². The summed E-state index contributed by atoms with van der Waals surface area (Å²) >= 11 is 0. The van der Waals surface area contributed by atoms with Crippen molar-refractivity contribution < 1.29 is 56.9 Å². The molecule has 46 heavy (non-hydrogen) atoms. The third-order valence-corrected chi connectivity index (χ3v) is 7.54. The second-order valence-corrected chi connectivity index (χ2v) is 13.1. The van der Waals surface area contributed by atoms with Crippen molar-refractivity contribution in [1.29, 1.82) is 0 Å². The highest BCUT2D eigenvalue weighted by molar-refractivity contribution is 6.44. The first-order chi connectivity index (χ1) is 21.8. The van der Waals surface area contributed by atoms with E-state index in [9.17, 15) is 28.8 Å². The van der Waals surface area contributed by atoms with E-state index >= 15 is 0 Å². The van der Waals surface area contributed by atoms with Gasteiger partial charge in [-0.1, -0.05) is 41.5 Å². The Kier molecular flexibility index (Phi) is 13.8. The molecule has 0 bridgehead atoms. The number of nitrogens with zero attached hydrogens (tertiary/aromatic N) is 3. The molecule has 0 unspecified atom stereocenters. The predicted octanol–water partition coefficient (Wildman–Crippen LogP) is 3.37. The predicted molar refractivity (Wildman–Crippen MR) is 162 cm³/mol. The lowest BCUT2D eigenvalue weighted by molar-refractivity contribution is -0.153. The van der Waals surface area contributed by atoms with Crippen LogP contribution in [-0.2, 0) is 42.6 Å². The fourth-order valence-electron chi connectivity index (χ4n) is 5.25. The largest absolute Gasteiger partial charge is 0.870 e. The maximum Gasteiger partial charge on any atom is 0.870 e. The number of likely N-dealkylation sites (tertiary alicyclic amines) is 3. The Labute approximate surface area is 270 Å². The highest BCUT2D eigenvalue weighted by Gasteiger charge is 2.48. The van der Waals surface area contributed by atoms with Gasteiger partial charge >= 0.3 is 43.5 Å². The van der Waals surface area contributed by atoms with E-state index in [0.717, 1.165) is 0 Å². The number of amides is 3. The standard InChI is InChI=1S/C30H48BN3O12/c1-19(2)16-41-28(38)32-13-7-10-22(32)25(35)44-31(45-26(36)23-11-8-14-33(23)29(39)42-17-20(3)4)46-27(37)24-12-9-15-34(24)30(40)43-18-21(5)6/h19-24H,7-18H2,1-6H3/t22-,23-,24-/m1/s1. The molecule has 0 N–H and O–H groups in total. The minimum atomic E-state index is -2.15. The molecule has 258 valence electrons. The lowest BCUT2D eigenvalue weighted by Gasteiger charge is -2.27. The van der Waals surface area contributed by atoms with E-state index < -0.39 is 61.6 Å². The second kappa shape index (κ2) is 17.3. The van der Waals surface area contributed by atoms with E-state index in [-0.39, 0.29) is 76.5 Å². The first-order valence-corrected chi connectivity index (χ1v) is 16.2. The van der Waals surface area contributed by atoms with Crippen molar-refractivity contribution >= 4 is 43.5 Å². The molecule has 0 spiro atoms. The van der Waals surface area contributed by atoms with Gasteiger partial charge in [0.25, 0.3) is 0 Å². The van der Waals surface area contributed by atoms with Crippen LogP contribution in [0.25, 0.3) is 0 Å². The lowest BCUT2D eigenvalue weighted by Crippen LogP contribution is -2.50. The van der Waals surface area contributed by atoms with Crippen LogP contribution >= 0.6 is 0 Å². The third kappa shape index (κ3) is 10.4. The summed E-state index contributed by atoms with van der Waals surface area (Å²) < 4.78 is 32.1. The van der Waals surface area contributed by atoms with Crippen LogP contribution in [0, 0.1) is 17.8 Å². The van der Waals surface area contributed by atoms with Crippen LogP contribution < -0.4 is 0 Å². The third-order valence-electron chi connectivity index (χ3n) is 7.54. The van der Waals surface area contributed by atoms with Gasteiger partial charge in [-0.2, -0.15) is 0 Å². The van der Waals surface area contributed by atoms with E-state index in [1.54, 1.807) is 0 Å². The van der Waals surface area contributed by atoms with E-state index in [1.807, 2.05) is 41.5 Å². The number of ether oxygens (including phenoxy) is 3. The quantitative estimate of drug-likeness (QED) is 0.223. The molecule has 16 heteroatoms. The Morgan fingerprint density at radius 1 is 0.522 bits per heavy atom. The van der Waals surface area contributed by atoms with Crippen LogP contribution in [0.4, 0.5) is 14.4 Å². The molecule has 3 fully saturated rings. The fourth-order valence-corrected chi connectivity index (χ4v) is 5.25. The van der Waals surface area contributed by atoms with Gasteiger partial charge in [0.2, 0.25) is 0 Å². The molecule has 0 radical (unpaired) electrons. The summed E-state index contributed by atoms with van der Waals surface area (Å²) in [6, 6.07) is -3.20. The van der Waals surface area contributed by atoms with Gasteiger partial charge in [-0.15, -0.1) is 0 Å². The summed E-state index contributed by atoms with van der Waals surface area (Å²) in [6.07, 6.45) is 0.148. The van der Waals surface area contributed by atoms with Crippen molar-refractivity contribution in [2.75, 3.05) is 39.5 Å². The Hall–Kier alpha value is -3.72. The fraction of sp³-hybridized carbons (Fsp3) is 0.800. The highest BCUT2D eigenvalue weighted by atomic mass is 16.8. The maximum absolute atomic E-state index is 13.3. The summed E-state index contributed by atoms with van der Waals surface area (Å²) in [4.78, 5) is 81.7. The topological polar surface area (TPSA) is 168 Å². The van der Waals surface area contributed by atoms with Gasteiger partial charge in [0.15, 0.2) is 0 Å². The molecule has 3 amide bonds. The van der Waals surface area contributed by atoms with Gasteiger partial charge in [0.1, 0.15) is 18.1 Å². The van der Waals surface area contributed by atoms with Crippen molar-refractivity contribution in [2.45, 2.75) is 98.2 Å². The summed E-state index contributed by atoms with van der Waals surface area (Å²) in [5, 5.41) is 0. The van der Waals surface area contributed by atoms with Gasteiger partial charge in [0.05, 0.1) is 19.8 Å². The van der Waals surface area contributed by atoms with Crippen LogP contribution in [0.15, 0.2) is 0 Å². The molecular weight excluding hydrogens is 605 g/mol. The molecular formula is C30H48BN3O12. The normalized spacial score (nSPS) is 21.1. The molecule has 0 aliphatic carbocycles. The number of hydrogen-bond acceptors (Lipinski definition) is 12. The zero-order chi connectivity index (χ0) is 34.0. The molecule has 0 saturated carbocycles. The molecule has 3 saturated heterocycles. The SMILES string of the molecule is CC(C)COC(=O)N1CCC[C@@H]1C(=O)OB(OC(=O)[C@H]1CCCN1C(=O)OCC(C)C)OC(=O)[C@H]1CCCN1C(=O)OCC(C)C. The van der Waals surface area contributed by atoms with Crippen molar-refractivity contribution in [3.63, 3.8) is 0 Å². The minimum Gasteiger partial charge on any atom is -0.460 e. The van der Waals surface area contributed by atoms with E-state index in [2.05, 4.69) is 0 Å². The molecule has 0 aromatic rings. The Balaban J connectivity index is 1.75. The second-order valence-electron chi connectivity index (χ2n) is 13.1. The lowest BCUT2D eigenvalue weighted by atomic mass is 10.1. The van der Waals surface area contributed by atoms with Crippen molar-refractivity contribution in [3.8, 4) is 0 Å². The van der Waals surface area contributed by atoms with Crippen LogP contribution in [0.2, 0.25) is 0 Å². The first-order valence-electron chi connectivity index (χ1n) is 16.2. The summed E-state index contributed by atoms with van der Waals surface area (Å²) in [5.41, 5.74) is 0. The number of carbonyl (C=O) groups excluding carboxylic acids is 6. The maximum atomic E-state index is 13.3. The average Bonchev–Trinajstić information content (AvgIpc) is 3.78. The zero-order valence-electron chi connectivity index (χ0n) is 27.8. The van der Waals surface area contributed by atoms with Crippen LogP contribution in [0.3, 0.4) is 0 Å². The molecule has 3 rings (SSSR count). The molecule has 3 aliphatic heterocycles. The average molecular weight is 654 g/mol. The molecule has 3 heterocycles. The van der Waals surface area contributed by atoms with Gasteiger partial charge in [-0.3, -0.25) is 29.1 Å². The Morgan fingerprint density at radius 2 is 0.783 bits per heavy atom. The minimum absolute atomic E-state index is 0.0794. The molecule has 3 atom stereocenters. The van der Waals surface area contributed by atoms with E-state index in [1.165, 1.54) is 14.7 Å². The molecule has 0 aromatic carbocycles. The zero-order valence-corrected chi connectivity index (χ0v) is 27.8. The molecule has 15 nitrogen and oxygen atoms in total. The van der Waals surface area contributed by atoms with Crippen molar-refractivity contribution in [2.24, 2.45) is 17.8 Å².